The predicted molar refractivity (Wildman–Crippen MR) is 122 cm³/mol. The molecule has 0 radical (unpaired) electrons. The van der Waals surface area contributed by atoms with Crippen molar-refractivity contribution in [2.75, 3.05) is 31.3 Å². The molecule has 2 aliphatic rings. The molecule has 0 saturated heterocycles. The number of benzene rings is 1. The maximum Gasteiger partial charge on any atom is 0.254 e. The van der Waals surface area contributed by atoms with E-state index in [4.69, 9.17) is 10.5 Å². The average molecular weight is 425 g/mol. The summed E-state index contributed by atoms with van der Waals surface area (Å²) in [6.45, 7) is 4.21. The number of ether oxygens (including phenoxy) is 1. The van der Waals surface area contributed by atoms with Gasteiger partial charge in [-0.2, -0.15) is 4.98 Å². The Hall–Kier alpha value is -2.87. The molecule has 1 aliphatic heterocycles. The Bertz CT molecular complexity index is 955. The largest absolute Gasteiger partial charge is 0.495 e. The van der Waals surface area contributed by atoms with E-state index in [1.165, 1.54) is 30.2 Å². The molecule has 0 spiro atoms. The van der Waals surface area contributed by atoms with Gasteiger partial charge >= 0.3 is 0 Å². The third kappa shape index (κ3) is 4.90. The molecule has 0 bridgehead atoms. The first kappa shape index (κ1) is 21.4. The lowest BCUT2D eigenvalue weighted by atomic mass is 9.87. The SMILES string of the molecule is COc1cc2c(cc1Nc1ncc(C(N)=O)c(NC3CCC(C)CC3)n1)CN(C)CC2. The fourth-order valence-corrected chi connectivity index (χ4v) is 4.45. The van der Waals surface area contributed by atoms with Gasteiger partial charge in [0, 0.05) is 25.3 Å². The summed E-state index contributed by atoms with van der Waals surface area (Å²) in [5, 5.41) is 6.71. The number of anilines is 3. The Kier molecular flexibility index (Phi) is 6.27. The number of rotatable bonds is 6. The second-order valence-corrected chi connectivity index (χ2v) is 8.86. The van der Waals surface area contributed by atoms with Gasteiger partial charge in [-0.15, -0.1) is 0 Å². The van der Waals surface area contributed by atoms with Crippen molar-refractivity contribution in [3.63, 3.8) is 0 Å². The van der Waals surface area contributed by atoms with Crippen LogP contribution in [-0.2, 0) is 13.0 Å². The fraction of sp³-hybridized carbons (Fsp3) is 0.522. The molecule has 2 heterocycles. The fourth-order valence-electron chi connectivity index (χ4n) is 4.45. The van der Waals surface area contributed by atoms with Crippen LogP contribution in [0.5, 0.6) is 5.75 Å². The quantitative estimate of drug-likeness (QED) is 0.653. The number of nitrogens with two attached hydrogens (primary N) is 1. The lowest BCUT2D eigenvalue weighted by molar-refractivity contribution is 0.100. The van der Waals surface area contributed by atoms with Crippen LogP contribution in [0.1, 0.15) is 54.1 Å². The summed E-state index contributed by atoms with van der Waals surface area (Å²) in [7, 11) is 3.78. The van der Waals surface area contributed by atoms with E-state index in [9.17, 15) is 4.79 Å². The number of amides is 1. The summed E-state index contributed by atoms with van der Waals surface area (Å²) in [4.78, 5) is 23.2. The minimum Gasteiger partial charge on any atom is -0.495 e. The van der Waals surface area contributed by atoms with Crippen molar-refractivity contribution < 1.29 is 9.53 Å². The Balaban J connectivity index is 1.60. The topological polar surface area (TPSA) is 105 Å². The summed E-state index contributed by atoms with van der Waals surface area (Å²) in [5.41, 5.74) is 9.26. The zero-order valence-electron chi connectivity index (χ0n) is 18.6. The van der Waals surface area contributed by atoms with Crippen LogP contribution in [0.25, 0.3) is 0 Å². The molecule has 0 unspecified atom stereocenters. The number of likely N-dealkylation sites (N-methyl/N-ethyl adjacent to an activating group) is 1. The van der Waals surface area contributed by atoms with Crippen LogP contribution in [0, 0.1) is 5.92 Å². The number of methoxy groups -OCH3 is 1. The molecule has 31 heavy (non-hydrogen) atoms. The van der Waals surface area contributed by atoms with Crippen molar-refractivity contribution in [3.8, 4) is 5.75 Å². The van der Waals surface area contributed by atoms with E-state index in [1.54, 1.807) is 7.11 Å². The minimum atomic E-state index is -0.535. The number of nitrogens with one attached hydrogen (secondary N) is 2. The summed E-state index contributed by atoms with van der Waals surface area (Å²) >= 11 is 0. The van der Waals surface area contributed by atoms with Gasteiger partial charge in [0.25, 0.3) is 5.91 Å². The maximum atomic E-state index is 11.9. The number of aromatic nitrogens is 2. The zero-order valence-corrected chi connectivity index (χ0v) is 18.6. The maximum absolute atomic E-state index is 11.9. The van der Waals surface area contributed by atoms with Crippen LogP contribution in [0.4, 0.5) is 17.5 Å². The van der Waals surface area contributed by atoms with Crippen LogP contribution in [0.3, 0.4) is 0 Å². The highest BCUT2D eigenvalue weighted by Crippen LogP contribution is 2.33. The Morgan fingerprint density at radius 2 is 2.00 bits per heavy atom. The van der Waals surface area contributed by atoms with Crippen LogP contribution in [0.2, 0.25) is 0 Å². The first-order valence-electron chi connectivity index (χ1n) is 11.0. The van der Waals surface area contributed by atoms with E-state index in [0.717, 1.165) is 49.7 Å². The van der Waals surface area contributed by atoms with E-state index in [2.05, 4.69) is 51.6 Å². The summed E-state index contributed by atoms with van der Waals surface area (Å²) < 4.78 is 5.61. The van der Waals surface area contributed by atoms with Crippen molar-refractivity contribution >= 4 is 23.4 Å². The van der Waals surface area contributed by atoms with Crippen LogP contribution in [0.15, 0.2) is 18.3 Å². The smallest absolute Gasteiger partial charge is 0.254 e. The molecule has 2 aromatic rings. The van der Waals surface area contributed by atoms with E-state index in [1.807, 2.05) is 0 Å². The zero-order chi connectivity index (χ0) is 22.0. The van der Waals surface area contributed by atoms with Gasteiger partial charge in [-0.3, -0.25) is 4.79 Å². The Morgan fingerprint density at radius 1 is 1.23 bits per heavy atom. The molecule has 1 aliphatic carbocycles. The van der Waals surface area contributed by atoms with Gasteiger partial charge in [0.2, 0.25) is 5.95 Å². The second kappa shape index (κ2) is 9.09. The van der Waals surface area contributed by atoms with Crippen molar-refractivity contribution in [3.05, 3.63) is 35.0 Å². The van der Waals surface area contributed by atoms with Gasteiger partial charge in [-0.1, -0.05) is 6.92 Å². The molecule has 8 heteroatoms. The monoisotopic (exact) mass is 424 g/mol. The summed E-state index contributed by atoms with van der Waals surface area (Å²) in [6, 6.07) is 4.47. The molecule has 4 rings (SSSR count). The van der Waals surface area contributed by atoms with E-state index >= 15 is 0 Å². The number of nitrogens with zero attached hydrogens (tertiary/aromatic N) is 3. The molecule has 1 aromatic carbocycles. The molecular weight excluding hydrogens is 392 g/mol. The van der Waals surface area contributed by atoms with E-state index < -0.39 is 5.91 Å². The molecule has 1 fully saturated rings. The molecule has 0 atom stereocenters. The van der Waals surface area contributed by atoms with E-state index in [-0.39, 0.29) is 6.04 Å². The molecule has 1 amide bonds. The van der Waals surface area contributed by atoms with Gasteiger partial charge in [0.15, 0.2) is 0 Å². The molecule has 8 nitrogen and oxygen atoms in total. The van der Waals surface area contributed by atoms with Gasteiger partial charge in [-0.25, -0.2) is 4.98 Å². The summed E-state index contributed by atoms with van der Waals surface area (Å²) in [6.07, 6.45) is 6.93. The van der Waals surface area contributed by atoms with Crippen LogP contribution in [-0.4, -0.2) is 47.5 Å². The number of hydrogen-bond acceptors (Lipinski definition) is 7. The summed E-state index contributed by atoms with van der Waals surface area (Å²) in [5.74, 6) is 1.85. The van der Waals surface area contributed by atoms with Gasteiger partial charge in [0.1, 0.15) is 11.6 Å². The third-order valence-electron chi connectivity index (χ3n) is 6.38. The highest BCUT2D eigenvalue weighted by molar-refractivity contribution is 5.97. The predicted octanol–water partition coefficient (Wildman–Crippen LogP) is 3.31. The average Bonchev–Trinajstić information content (AvgIpc) is 2.75. The molecule has 4 N–H and O–H groups in total. The number of primary amides is 1. The van der Waals surface area contributed by atoms with Gasteiger partial charge in [-0.05, 0) is 68.3 Å². The number of carbonyl (C=O) groups excluding carboxylic acids is 1. The van der Waals surface area contributed by atoms with Crippen LogP contribution < -0.4 is 21.1 Å². The highest BCUT2D eigenvalue weighted by atomic mass is 16.5. The molecular formula is C23H32N6O2. The van der Waals surface area contributed by atoms with Crippen LogP contribution >= 0.6 is 0 Å². The Morgan fingerprint density at radius 3 is 2.71 bits per heavy atom. The molecule has 1 saturated carbocycles. The first-order valence-corrected chi connectivity index (χ1v) is 11.0. The molecule has 1 aromatic heterocycles. The minimum absolute atomic E-state index is 0.283. The van der Waals surface area contributed by atoms with Gasteiger partial charge < -0.3 is 26.0 Å². The highest BCUT2D eigenvalue weighted by Gasteiger charge is 2.22. The standard InChI is InChI=1S/C23H32N6O2/c1-14-4-6-17(7-5-14)26-22-18(21(24)30)12-25-23(28-22)27-19-10-16-13-29(2)9-8-15(16)11-20(19)31-3/h10-12,14,17H,4-9,13H2,1-3H3,(H2,24,30)(H2,25,26,27,28). The van der Waals surface area contributed by atoms with Crippen molar-refractivity contribution in [1.29, 1.82) is 0 Å². The normalized spacial score (nSPS) is 21.3. The Labute approximate surface area is 183 Å². The lowest BCUT2D eigenvalue weighted by Gasteiger charge is -2.28. The van der Waals surface area contributed by atoms with Crippen molar-refractivity contribution in [1.82, 2.24) is 14.9 Å². The second-order valence-electron chi connectivity index (χ2n) is 8.86. The number of fused-ring (bicyclic) bond motifs is 1. The van der Waals surface area contributed by atoms with E-state index in [0.29, 0.717) is 17.3 Å². The third-order valence-corrected chi connectivity index (χ3v) is 6.38. The van der Waals surface area contributed by atoms with Crippen molar-refractivity contribution in [2.45, 2.75) is 51.6 Å². The number of carbonyl (C=O) groups is 1. The lowest BCUT2D eigenvalue weighted by Crippen LogP contribution is -2.28. The van der Waals surface area contributed by atoms with Gasteiger partial charge in [0.05, 0.1) is 18.4 Å². The van der Waals surface area contributed by atoms with Crippen molar-refractivity contribution in [2.24, 2.45) is 11.7 Å². The molecule has 166 valence electrons. The number of hydrogen-bond donors (Lipinski definition) is 3. The first-order chi connectivity index (χ1) is 14.9.